The lowest BCUT2D eigenvalue weighted by Gasteiger charge is -2.18. The summed E-state index contributed by atoms with van der Waals surface area (Å²) in [5.41, 5.74) is 2.30. The van der Waals surface area contributed by atoms with Crippen LogP contribution in [-0.2, 0) is 11.2 Å². The van der Waals surface area contributed by atoms with Crippen LogP contribution in [0.2, 0.25) is 0 Å². The maximum Gasteiger partial charge on any atom is 0.230 e. The molecule has 1 N–H and O–H groups in total. The number of aryl methyl sites for hydroxylation is 1. The molecule has 0 aliphatic carbocycles. The Kier molecular flexibility index (Phi) is 6.26. The molecule has 1 heterocycles. The smallest absolute Gasteiger partial charge is 0.230 e. The van der Waals surface area contributed by atoms with Gasteiger partial charge in [-0.05, 0) is 54.8 Å². The Balaban J connectivity index is 1.43. The summed E-state index contributed by atoms with van der Waals surface area (Å²) in [5, 5.41) is 2.97. The Morgan fingerprint density at radius 3 is 2.76 bits per heavy atom. The minimum Gasteiger partial charge on any atom is -0.486 e. The van der Waals surface area contributed by atoms with Crippen LogP contribution in [0.3, 0.4) is 0 Å². The molecule has 6 heteroatoms. The van der Waals surface area contributed by atoms with E-state index in [1.165, 1.54) is 5.56 Å². The molecule has 0 saturated heterocycles. The van der Waals surface area contributed by atoms with Crippen LogP contribution < -0.4 is 14.8 Å². The lowest BCUT2D eigenvalue weighted by molar-refractivity contribution is -0.118. The van der Waals surface area contributed by atoms with Crippen molar-refractivity contribution in [3.05, 3.63) is 52.0 Å². The zero-order valence-corrected chi connectivity index (χ0v) is 16.4. The maximum absolute atomic E-state index is 12.0. The van der Waals surface area contributed by atoms with Gasteiger partial charge in [0.2, 0.25) is 5.91 Å². The zero-order valence-electron chi connectivity index (χ0n) is 14.0. The van der Waals surface area contributed by atoms with Crippen molar-refractivity contribution in [2.24, 2.45) is 0 Å². The van der Waals surface area contributed by atoms with Crippen molar-refractivity contribution in [1.29, 1.82) is 0 Å². The third-order valence-corrected chi connectivity index (χ3v) is 5.51. The normalized spacial score (nSPS) is 12.7. The number of nitrogens with one attached hydrogen (secondary N) is 1. The topological polar surface area (TPSA) is 47.6 Å². The van der Waals surface area contributed by atoms with E-state index >= 15 is 0 Å². The van der Waals surface area contributed by atoms with E-state index in [1.54, 1.807) is 11.8 Å². The average molecular weight is 422 g/mol. The number of carbonyl (C=O) groups excluding carboxylic acids is 1. The summed E-state index contributed by atoms with van der Waals surface area (Å²) in [7, 11) is 0. The fourth-order valence-electron chi connectivity index (χ4n) is 2.56. The van der Waals surface area contributed by atoms with Crippen LogP contribution in [0.15, 0.2) is 45.8 Å². The molecular formula is C19H20BrNO3S. The highest BCUT2D eigenvalue weighted by atomic mass is 79.9. The molecule has 2 aromatic carbocycles. The summed E-state index contributed by atoms with van der Waals surface area (Å²) in [6.45, 7) is 3.84. The highest BCUT2D eigenvalue weighted by Crippen LogP contribution is 2.30. The molecule has 0 bridgehead atoms. The van der Waals surface area contributed by atoms with Crippen LogP contribution >= 0.6 is 27.7 Å². The summed E-state index contributed by atoms with van der Waals surface area (Å²) < 4.78 is 12.1. The first-order chi connectivity index (χ1) is 12.1. The Labute approximate surface area is 160 Å². The van der Waals surface area contributed by atoms with Crippen LogP contribution in [0.5, 0.6) is 11.5 Å². The van der Waals surface area contributed by atoms with Crippen molar-refractivity contribution < 1.29 is 14.3 Å². The van der Waals surface area contributed by atoms with Gasteiger partial charge >= 0.3 is 0 Å². The van der Waals surface area contributed by atoms with Gasteiger partial charge in [0, 0.05) is 15.9 Å². The van der Waals surface area contributed by atoms with E-state index in [9.17, 15) is 4.79 Å². The number of fused-ring (bicyclic) bond motifs is 1. The number of benzene rings is 2. The first-order valence-electron chi connectivity index (χ1n) is 8.16. The van der Waals surface area contributed by atoms with Crippen LogP contribution in [0.1, 0.15) is 11.1 Å². The number of halogens is 1. The molecule has 4 nitrogen and oxygen atoms in total. The molecule has 0 aromatic heterocycles. The fourth-order valence-corrected chi connectivity index (χ4v) is 3.87. The molecule has 0 unspecified atom stereocenters. The third-order valence-electron chi connectivity index (χ3n) is 3.84. The highest BCUT2D eigenvalue weighted by Gasteiger charge is 2.11. The predicted molar refractivity (Wildman–Crippen MR) is 104 cm³/mol. The van der Waals surface area contributed by atoms with Gasteiger partial charge in [-0.2, -0.15) is 0 Å². The second-order valence-corrected chi connectivity index (χ2v) is 7.71. The lowest BCUT2D eigenvalue weighted by atomic mass is 10.1. The average Bonchev–Trinajstić information content (AvgIpc) is 2.61. The number of amides is 1. The van der Waals surface area contributed by atoms with Crippen LogP contribution in [0, 0.1) is 6.92 Å². The van der Waals surface area contributed by atoms with Crippen LogP contribution in [-0.4, -0.2) is 31.4 Å². The molecule has 1 aliphatic rings. The minimum absolute atomic E-state index is 0.0462. The maximum atomic E-state index is 12.0. The van der Waals surface area contributed by atoms with Gasteiger partial charge in [0.25, 0.3) is 0 Å². The van der Waals surface area contributed by atoms with Gasteiger partial charge in [-0.15, -0.1) is 11.8 Å². The van der Waals surface area contributed by atoms with Crippen molar-refractivity contribution in [1.82, 2.24) is 5.32 Å². The van der Waals surface area contributed by atoms with Crippen molar-refractivity contribution in [2.45, 2.75) is 18.2 Å². The summed E-state index contributed by atoms with van der Waals surface area (Å²) >= 11 is 5.01. The minimum atomic E-state index is 0.0462. The zero-order chi connectivity index (χ0) is 17.6. The molecule has 0 fully saturated rings. The van der Waals surface area contributed by atoms with Gasteiger partial charge in [-0.25, -0.2) is 0 Å². The van der Waals surface area contributed by atoms with Crippen molar-refractivity contribution in [3.63, 3.8) is 0 Å². The number of carbonyl (C=O) groups is 1. The quantitative estimate of drug-likeness (QED) is 0.716. The fraction of sp³-hybridized carbons (Fsp3) is 0.316. The first-order valence-corrected chi connectivity index (χ1v) is 9.94. The monoisotopic (exact) mass is 421 g/mol. The van der Waals surface area contributed by atoms with Gasteiger partial charge in [0.15, 0.2) is 11.5 Å². The summed E-state index contributed by atoms with van der Waals surface area (Å²) in [5.74, 6) is 2.05. The Morgan fingerprint density at radius 2 is 1.96 bits per heavy atom. The molecule has 2 aromatic rings. The molecule has 1 amide bonds. The number of thioether (sulfide) groups is 1. The lowest BCUT2D eigenvalue weighted by Crippen LogP contribution is -2.27. The standard InChI is InChI=1S/C19H20BrNO3S/c1-13-10-15(20)3-5-18(13)25-12-19(22)21-7-6-14-2-4-16-17(11-14)24-9-8-23-16/h2-5,10-11H,6-9,12H2,1H3,(H,21,22). The van der Waals surface area contributed by atoms with E-state index in [2.05, 4.69) is 27.3 Å². The van der Waals surface area contributed by atoms with E-state index in [-0.39, 0.29) is 5.91 Å². The second kappa shape index (κ2) is 8.63. The third kappa shape index (κ3) is 5.16. The summed E-state index contributed by atoms with van der Waals surface area (Å²) in [4.78, 5) is 13.2. The highest BCUT2D eigenvalue weighted by molar-refractivity contribution is 9.10. The van der Waals surface area contributed by atoms with Crippen LogP contribution in [0.25, 0.3) is 0 Å². The molecular weight excluding hydrogens is 402 g/mol. The number of ether oxygens (including phenoxy) is 2. The molecule has 0 atom stereocenters. The molecule has 0 saturated carbocycles. The van der Waals surface area contributed by atoms with Gasteiger partial charge < -0.3 is 14.8 Å². The van der Waals surface area contributed by atoms with E-state index in [1.807, 2.05) is 37.3 Å². The predicted octanol–water partition coefficient (Wildman–Crippen LogP) is 3.98. The SMILES string of the molecule is Cc1cc(Br)ccc1SCC(=O)NCCc1ccc2c(c1)OCCO2. The van der Waals surface area contributed by atoms with E-state index in [0.717, 1.165) is 32.9 Å². The van der Waals surface area contributed by atoms with Gasteiger partial charge in [0.05, 0.1) is 5.75 Å². The number of rotatable bonds is 6. The Morgan fingerprint density at radius 1 is 1.16 bits per heavy atom. The summed E-state index contributed by atoms with van der Waals surface area (Å²) in [6.07, 6.45) is 0.768. The molecule has 3 rings (SSSR count). The summed E-state index contributed by atoms with van der Waals surface area (Å²) in [6, 6.07) is 12.0. The van der Waals surface area contributed by atoms with Crippen LogP contribution in [0.4, 0.5) is 0 Å². The van der Waals surface area contributed by atoms with E-state index < -0.39 is 0 Å². The van der Waals surface area contributed by atoms with Gasteiger partial charge in [0.1, 0.15) is 13.2 Å². The van der Waals surface area contributed by atoms with Gasteiger partial charge in [-0.3, -0.25) is 4.79 Å². The van der Waals surface area contributed by atoms with E-state index in [4.69, 9.17) is 9.47 Å². The van der Waals surface area contributed by atoms with E-state index in [0.29, 0.717) is 25.5 Å². The second-order valence-electron chi connectivity index (χ2n) is 5.78. The molecule has 0 spiro atoms. The molecule has 25 heavy (non-hydrogen) atoms. The molecule has 1 aliphatic heterocycles. The van der Waals surface area contributed by atoms with Crippen molar-refractivity contribution >= 4 is 33.6 Å². The first kappa shape index (κ1) is 18.1. The van der Waals surface area contributed by atoms with Crippen molar-refractivity contribution in [3.8, 4) is 11.5 Å². The largest absolute Gasteiger partial charge is 0.486 e. The number of hydrogen-bond donors (Lipinski definition) is 1. The van der Waals surface area contributed by atoms with Crippen molar-refractivity contribution in [2.75, 3.05) is 25.5 Å². The number of hydrogen-bond acceptors (Lipinski definition) is 4. The Bertz CT molecular complexity index is 766. The van der Waals surface area contributed by atoms with Gasteiger partial charge in [-0.1, -0.05) is 22.0 Å². The Hall–Kier alpha value is -1.66. The molecule has 132 valence electrons. The molecule has 0 radical (unpaired) electrons.